The zero-order valence-electron chi connectivity index (χ0n) is 6.15. The van der Waals surface area contributed by atoms with E-state index in [1.54, 1.807) is 12.2 Å². The average Bonchev–Trinajstić information content (AvgIpc) is 1.99. The minimum Gasteiger partial charge on any atom is -0.0984 e. The molecule has 0 aromatic heterocycles. The maximum atomic E-state index is 5.81. The Labute approximate surface area is 69.4 Å². The first kappa shape index (κ1) is 9.94. The van der Waals surface area contributed by atoms with Gasteiger partial charge in [-0.2, -0.15) is 0 Å². The molecule has 0 aliphatic heterocycles. The predicted molar refractivity (Wildman–Crippen MR) is 52.1 cm³/mol. The summed E-state index contributed by atoms with van der Waals surface area (Å²) in [7, 11) is 0.752. The first-order valence-electron chi connectivity index (χ1n) is 3.14. The van der Waals surface area contributed by atoms with Crippen LogP contribution < -0.4 is 0 Å². The van der Waals surface area contributed by atoms with E-state index in [1.807, 2.05) is 0 Å². The van der Waals surface area contributed by atoms with Gasteiger partial charge in [0.15, 0.2) is 0 Å². The van der Waals surface area contributed by atoms with E-state index in [2.05, 4.69) is 20.1 Å². The van der Waals surface area contributed by atoms with Crippen molar-refractivity contribution in [2.45, 2.75) is 6.92 Å². The molecule has 0 radical (unpaired) electrons. The molecule has 2 heteroatoms. The van der Waals surface area contributed by atoms with Gasteiger partial charge in [-0.05, 0) is 11.5 Å². The van der Waals surface area contributed by atoms with E-state index in [0.717, 1.165) is 25.1 Å². The van der Waals surface area contributed by atoms with Crippen LogP contribution >= 0.6 is 20.2 Å². The van der Waals surface area contributed by atoms with Crippen molar-refractivity contribution in [3.8, 4) is 0 Å². The molecular formula is C8H12ClP. The van der Waals surface area contributed by atoms with Crippen LogP contribution in [0.2, 0.25) is 0 Å². The number of hydrogen-bond acceptors (Lipinski definition) is 0. The smallest absolute Gasteiger partial charge is 0.0474 e. The second-order valence-corrected chi connectivity index (χ2v) is 3.71. The molecule has 0 aromatic rings. The van der Waals surface area contributed by atoms with Gasteiger partial charge in [0, 0.05) is 5.03 Å². The second kappa shape index (κ2) is 5.70. The zero-order valence-corrected chi connectivity index (χ0v) is 7.91. The minimum absolute atomic E-state index is 0.732. The third-order valence-electron chi connectivity index (χ3n) is 1.01. The molecule has 0 saturated heterocycles. The van der Waals surface area contributed by atoms with Gasteiger partial charge in [-0.15, -0.1) is 0 Å². The molecule has 0 heterocycles. The van der Waals surface area contributed by atoms with Crippen molar-refractivity contribution in [3.05, 3.63) is 35.7 Å². The Morgan fingerprint density at radius 2 is 2.10 bits per heavy atom. The quantitative estimate of drug-likeness (QED) is 0.452. The molecule has 56 valence electrons. The Morgan fingerprint density at radius 3 is 2.40 bits per heavy atom. The average molecular weight is 175 g/mol. The van der Waals surface area contributed by atoms with Crippen LogP contribution in [-0.2, 0) is 0 Å². The lowest BCUT2D eigenvalue weighted by molar-refractivity contribution is 1.51. The minimum atomic E-state index is 0.732. The van der Waals surface area contributed by atoms with Gasteiger partial charge >= 0.3 is 0 Å². The molecule has 0 amide bonds. The monoisotopic (exact) mass is 174 g/mol. The number of rotatable bonds is 4. The molecule has 10 heavy (non-hydrogen) atoms. The van der Waals surface area contributed by atoms with E-state index in [1.165, 1.54) is 0 Å². The molecule has 0 spiro atoms. The van der Waals surface area contributed by atoms with Gasteiger partial charge < -0.3 is 0 Å². The Bertz CT molecular complexity index is 159. The van der Waals surface area contributed by atoms with Crippen LogP contribution in [0, 0.1) is 0 Å². The van der Waals surface area contributed by atoms with Crippen LogP contribution in [0.15, 0.2) is 35.7 Å². The second-order valence-electron chi connectivity index (χ2n) is 1.70. The number of allylic oxidation sites excluding steroid dienone is 4. The van der Waals surface area contributed by atoms with Crippen LogP contribution in [0.1, 0.15) is 6.92 Å². The molecule has 0 rings (SSSR count). The molecule has 1 unspecified atom stereocenters. The van der Waals surface area contributed by atoms with E-state index in [4.69, 9.17) is 11.6 Å². The Balaban J connectivity index is 4.28. The standard InChI is InChI=1S/C8H12ClP/c1-4-7(9)8(5-2)10-6-3/h4-5,10H,1-2,6H2,3H3/b8-7-. The fourth-order valence-corrected chi connectivity index (χ4v) is 1.63. The highest BCUT2D eigenvalue weighted by Crippen LogP contribution is 2.29. The van der Waals surface area contributed by atoms with E-state index in [0.29, 0.717) is 0 Å². The van der Waals surface area contributed by atoms with Gasteiger partial charge in [0.1, 0.15) is 0 Å². The highest BCUT2D eigenvalue weighted by Gasteiger charge is 1.94. The van der Waals surface area contributed by atoms with Crippen LogP contribution in [0.25, 0.3) is 0 Å². The van der Waals surface area contributed by atoms with Gasteiger partial charge in [0.2, 0.25) is 0 Å². The van der Waals surface area contributed by atoms with Gasteiger partial charge in [0.05, 0.1) is 0 Å². The molecule has 0 saturated carbocycles. The summed E-state index contributed by atoms with van der Waals surface area (Å²) in [6, 6.07) is 0. The molecular weight excluding hydrogens is 163 g/mol. The van der Waals surface area contributed by atoms with Crippen molar-refractivity contribution in [1.29, 1.82) is 0 Å². The van der Waals surface area contributed by atoms with Gasteiger partial charge in [-0.25, -0.2) is 0 Å². The first-order chi connectivity index (χ1) is 4.76. The molecule has 0 N–H and O–H groups in total. The normalized spacial score (nSPS) is 13.4. The van der Waals surface area contributed by atoms with E-state index < -0.39 is 0 Å². The van der Waals surface area contributed by atoms with Gasteiger partial charge in [-0.3, -0.25) is 0 Å². The van der Waals surface area contributed by atoms with Crippen molar-refractivity contribution >= 4 is 20.2 Å². The summed E-state index contributed by atoms with van der Waals surface area (Å²) >= 11 is 5.81. The van der Waals surface area contributed by atoms with Gasteiger partial charge in [-0.1, -0.05) is 52.4 Å². The third kappa shape index (κ3) is 3.20. The maximum Gasteiger partial charge on any atom is 0.0474 e. The van der Waals surface area contributed by atoms with Crippen molar-refractivity contribution in [3.63, 3.8) is 0 Å². The lowest BCUT2D eigenvalue weighted by atomic mass is 10.5. The van der Waals surface area contributed by atoms with Crippen molar-refractivity contribution < 1.29 is 0 Å². The van der Waals surface area contributed by atoms with E-state index in [9.17, 15) is 0 Å². The predicted octanol–water partition coefficient (Wildman–Crippen LogP) is 3.51. The fraction of sp³-hybridized carbons (Fsp3) is 0.250. The lowest BCUT2D eigenvalue weighted by Gasteiger charge is -1.99. The molecule has 0 aromatic carbocycles. The van der Waals surface area contributed by atoms with Crippen LogP contribution in [0.3, 0.4) is 0 Å². The Hall–Kier alpha value is -0.0600. The summed E-state index contributed by atoms with van der Waals surface area (Å²) in [5.41, 5.74) is 0. The zero-order chi connectivity index (χ0) is 7.98. The molecule has 0 bridgehead atoms. The molecule has 0 aliphatic rings. The maximum absolute atomic E-state index is 5.81. The van der Waals surface area contributed by atoms with Crippen molar-refractivity contribution in [2.24, 2.45) is 0 Å². The summed E-state index contributed by atoms with van der Waals surface area (Å²) in [6.45, 7) is 9.36. The summed E-state index contributed by atoms with van der Waals surface area (Å²) in [6.07, 6.45) is 4.57. The first-order valence-corrected chi connectivity index (χ1v) is 4.73. The molecule has 0 nitrogen and oxygen atoms in total. The largest absolute Gasteiger partial charge is 0.0984 e. The van der Waals surface area contributed by atoms with E-state index in [-0.39, 0.29) is 0 Å². The SMILES string of the molecule is C=C/C(Cl)=C(\C=C)PCC. The van der Waals surface area contributed by atoms with Crippen LogP contribution in [0.4, 0.5) is 0 Å². The summed E-state index contributed by atoms with van der Waals surface area (Å²) in [4.78, 5) is 0. The Kier molecular flexibility index (Phi) is 5.67. The highest BCUT2D eigenvalue weighted by molar-refractivity contribution is 7.43. The van der Waals surface area contributed by atoms with Crippen LogP contribution in [-0.4, -0.2) is 6.16 Å². The lowest BCUT2D eigenvalue weighted by Crippen LogP contribution is -1.71. The van der Waals surface area contributed by atoms with Gasteiger partial charge in [0.25, 0.3) is 0 Å². The number of hydrogen-bond donors (Lipinski definition) is 0. The highest BCUT2D eigenvalue weighted by atomic mass is 35.5. The third-order valence-corrected chi connectivity index (χ3v) is 2.73. The molecule has 1 atom stereocenters. The van der Waals surface area contributed by atoms with Crippen LogP contribution in [0.5, 0.6) is 0 Å². The molecule has 0 fully saturated rings. The molecule has 0 aliphatic carbocycles. The topological polar surface area (TPSA) is 0 Å². The number of halogens is 1. The Morgan fingerprint density at radius 1 is 1.50 bits per heavy atom. The summed E-state index contributed by atoms with van der Waals surface area (Å²) in [5, 5.41) is 1.84. The summed E-state index contributed by atoms with van der Waals surface area (Å²) in [5.74, 6) is 0. The van der Waals surface area contributed by atoms with Crippen molar-refractivity contribution in [1.82, 2.24) is 0 Å². The fourth-order valence-electron chi connectivity index (χ4n) is 0.555. The van der Waals surface area contributed by atoms with Crippen molar-refractivity contribution in [2.75, 3.05) is 6.16 Å². The summed E-state index contributed by atoms with van der Waals surface area (Å²) < 4.78 is 0. The van der Waals surface area contributed by atoms with E-state index >= 15 is 0 Å².